The van der Waals surface area contributed by atoms with Crippen LogP contribution in [-0.2, 0) is 21.4 Å². The molecule has 202 valence electrons. The number of hydrogen-bond donors (Lipinski definition) is 0. The molecular formula is C32H58O2P+. The highest BCUT2D eigenvalue weighted by Gasteiger charge is 2.18. The van der Waals surface area contributed by atoms with Crippen molar-refractivity contribution in [2.45, 2.75) is 156 Å². The predicted molar refractivity (Wildman–Crippen MR) is 159 cm³/mol. The van der Waals surface area contributed by atoms with Gasteiger partial charge in [-0.15, -0.1) is 9.24 Å². The largest absolute Gasteiger partial charge is 1.00 e. The first-order chi connectivity index (χ1) is 16.8. The van der Waals surface area contributed by atoms with Gasteiger partial charge in [-0.05, 0) is 47.2 Å². The van der Waals surface area contributed by atoms with Crippen LogP contribution in [0.25, 0.3) is 0 Å². The molecule has 0 N–H and O–H groups in total. The van der Waals surface area contributed by atoms with Crippen LogP contribution in [0, 0.1) is 6.92 Å². The van der Waals surface area contributed by atoms with Crippen LogP contribution in [0.5, 0.6) is 0 Å². The second-order valence-electron chi connectivity index (χ2n) is 11.6. The SMILES string of the molecule is CCCCCCCCCCCCCCCCCCOC(=O)CCc1cc(C)c(P)c(C(C)(C)C)c1.[H+]. The van der Waals surface area contributed by atoms with Crippen molar-refractivity contribution in [2.24, 2.45) is 0 Å². The summed E-state index contributed by atoms with van der Waals surface area (Å²) in [4.78, 5) is 12.2. The first-order valence-corrected chi connectivity index (χ1v) is 15.4. The standard InChI is InChI=1S/C32H57O2P/c1-6-7-8-9-10-11-12-13-14-15-16-17-18-19-20-21-24-34-30(33)23-22-28-25-27(2)31(35)29(26-28)32(3,4)5/h25-26H,6-24,35H2,1-5H3/p+1. The molecule has 1 aromatic rings. The minimum atomic E-state index is -0.0594. The van der Waals surface area contributed by atoms with E-state index in [0.29, 0.717) is 13.0 Å². The Kier molecular flexibility index (Phi) is 17.7. The third-order valence-electron chi connectivity index (χ3n) is 7.13. The van der Waals surface area contributed by atoms with Gasteiger partial charge in [-0.25, -0.2) is 0 Å². The van der Waals surface area contributed by atoms with Crippen molar-refractivity contribution < 1.29 is 11.0 Å². The number of rotatable bonds is 20. The average Bonchev–Trinajstić information content (AvgIpc) is 2.81. The smallest absolute Gasteiger partial charge is 0.466 e. The molecule has 1 unspecified atom stereocenters. The number of carbonyl (C=O) groups is 1. The van der Waals surface area contributed by atoms with Crippen molar-refractivity contribution in [3.05, 3.63) is 28.8 Å². The maximum Gasteiger partial charge on any atom is 1.00 e. The van der Waals surface area contributed by atoms with Gasteiger partial charge in [-0.3, -0.25) is 4.79 Å². The molecule has 35 heavy (non-hydrogen) atoms. The van der Waals surface area contributed by atoms with Crippen LogP contribution in [0.2, 0.25) is 0 Å². The number of aryl methyl sites for hydroxylation is 2. The van der Waals surface area contributed by atoms with Crippen LogP contribution in [0.4, 0.5) is 0 Å². The number of carbonyl (C=O) groups excluding carboxylic acids is 1. The summed E-state index contributed by atoms with van der Waals surface area (Å²) in [6.45, 7) is 11.7. The van der Waals surface area contributed by atoms with E-state index in [-0.39, 0.29) is 12.8 Å². The average molecular weight is 506 g/mol. The molecule has 0 aliphatic rings. The lowest BCUT2D eigenvalue weighted by atomic mass is 9.84. The topological polar surface area (TPSA) is 26.3 Å². The lowest BCUT2D eigenvalue weighted by Gasteiger charge is -2.24. The molecule has 0 aliphatic heterocycles. The van der Waals surface area contributed by atoms with E-state index in [1.807, 2.05) is 0 Å². The summed E-state index contributed by atoms with van der Waals surface area (Å²) in [5, 5.41) is 1.28. The van der Waals surface area contributed by atoms with Crippen LogP contribution in [-0.4, -0.2) is 12.6 Å². The van der Waals surface area contributed by atoms with E-state index in [4.69, 9.17) is 4.74 Å². The Hall–Kier alpha value is -0.880. The predicted octanol–water partition coefficient (Wildman–Crippen LogP) is 9.64. The fraction of sp³-hybridized carbons (Fsp3) is 0.781. The Morgan fingerprint density at radius 3 is 1.71 bits per heavy atom. The zero-order chi connectivity index (χ0) is 25.9. The molecule has 0 fully saturated rings. The molecule has 3 heteroatoms. The molecule has 1 aromatic carbocycles. The van der Waals surface area contributed by atoms with Gasteiger partial charge in [0.1, 0.15) is 0 Å². The molecule has 0 saturated heterocycles. The zero-order valence-corrected chi connectivity index (χ0v) is 25.1. The molecule has 0 bridgehead atoms. The molecule has 0 saturated carbocycles. The minimum Gasteiger partial charge on any atom is -0.466 e. The van der Waals surface area contributed by atoms with Crippen molar-refractivity contribution in [3.8, 4) is 0 Å². The first-order valence-electron chi connectivity index (χ1n) is 14.8. The lowest BCUT2D eigenvalue weighted by Crippen LogP contribution is -2.21. The van der Waals surface area contributed by atoms with Crippen LogP contribution < -0.4 is 5.30 Å². The van der Waals surface area contributed by atoms with E-state index in [1.165, 1.54) is 118 Å². The normalized spacial score (nSPS) is 11.7. The van der Waals surface area contributed by atoms with Crippen LogP contribution in [0.15, 0.2) is 12.1 Å². The van der Waals surface area contributed by atoms with Gasteiger partial charge in [0.25, 0.3) is 0 Å². The van der Waals surface area contributed by atoms with Crippen LogP contribution in [0.1, 0.15) is 155 Å². The van der Waals surface area contributed by atoms with Gasteiger partial charge in [0.15, 0.2) is 0 Å². The summed E-state index contributed by atoms with van der Waals surface area (Å²) in [5.41, 5.74) is 3.96. The van der Waals surface area contributed by atoms with E-state index in [2.05, 4.69) is 56.0 Å². The summed E-state index contributed by atoms with van der Waals surface area (Å²) in [7, 11) is 2.88. The summed E-state index contributed by atoms with van der Waals surface area (Å²) in [5.74, 6) is -0.0594. The van der Waals surface area contributed by atoms with Crippen molar-refractivity contribution in [2.75, 3.05) is 6.61 Å². The second-order valence-corrected chi connectivity index (χ2v) is 12.2. The molecule has 0 heterocycles. The van der Waals surface area contributed by atoms with Gasteiger partial charge < -0.3 is 4.74 Å². The Morgan fingerprint density at radius 1 is 0.800 bits per heavy atom. The highest BCUT2D eigenvalue weighted by Crippen LogP contribution is 2.25. The fourth-order valence-electron chi connectivity index (χ4n) is 4.79. The fourth-order valence-corrected chi connectivity index (χ4v) is 5.39. The van der Waals surface area contributed by atoms with E-state index >= 15 is 0 Å². The number of hydrogen-bond acceptors (Lipinski definition) is 2. The van der Waals surface area contributed by atoms with Gasteiger partial charge in [0.2, 0.25) is 0 Å². The molecular weight excluding hydrogens is 447 g/mol. The highest BCUT2D eigenvalue weighted by molar-refractivity contribution is 7.27. The molecule has 1 atom stereocenters. The molecule has 0 radical (unpaired) electrons. The van der Waals surface area contributed by atoms with Crippen molar-refractivity contribution in [1.82, 2.24) is 0 Å². The monoisotopic (exact) mass is 505 g/mol. The maximum atomic E-state index is 12.2. The highest BCUT2D eigenvalue weighted by atomic mass is 31.0. The molecule has 0 amide bonds. The number of unbranched alkanes of at least 4 members (excludes halogenated alkanes) is 15. The third kappa shape index (κ3) is 15.8. The Bertz CT molecular complexity index is 696. The summed E-state index contributed by atoms with van der Waals surface area (Å²) >= 11 is 0. The zero-order valence-electron chi connectivity index (χ0n) is 25.0. The van der Waals surface area contributed by atoms with Gasteiger partial charge >= 0.3 is 7.40 Å². The van der Waals surface area contributed by atoms with E-state index in [9.17, 15) is 4.79 Å². The van der Waals surface area contributed by atoms with Gasteiger partial charge in [-0.1, -0.05) is 136 Å². The summed E-state index contributed by atoms with van der Waals surface area (Å²) in [6.07, 6.45) is 23.0. The Morgan fingerprint density at radius 2 is 1.26 bits per heavy atom. The Balaban J connectivity index is 0.0000122. The number of benzene rings is 1. The Labute approximate surface area is 222 Å². The molecule has 2 nitrogen and oxygen atoms in total. The summed E-state index contributed by atoms with van der Waals surface area (Å²) in [6, 6.07) is 4.47. The molecule has 0 aromatic heterocycles. The van der Waals surface area contributed by atoms with Gasteiger partial charge in [0, 0.05) is 6.42 Å². The van der Waals surface area contributed by atoms with Crippen LogP contribution in [0.3, 0.4) is 0 Å². The minimum absolute atomic E-state index is 0. The van der Waals surface area contributed by atoms with E-state index < -0.39 is 0 Å². The van der Waals surface area contributed by atoms with Crippen molar-refractivity contribution in [1.29, 1.82) is 0 Å². The number of ether oxygens (including phenoxy) is 1. The second kappa shape index (κ2) is 19.3. The lowest BCUT2D eigenvalue weighted by molar-refractivity contribution is -0.143. The summed E-state index contributed by atoms with van der Waals surface area (Å²) < 4.78 is 5.49. The van der Waals surface area contributed by atoms with E-state index in [0.717, 1.165) is 12.8 Å². The van der Waals surface area contributed by atoms with E-state index in [1.54, 1.807) is 0 Å². The number of esters is 1. The molecule has 1 rings (SSSR count). The van der Waals surface area contributed by atoms with Crippen LogP contribution >= 0.6 is 9.24 Å². The van der Waals surface area contributed by atoms with Gasteiger partial charge in [0.05, 0.1) is 6.61 Å². The first kappa shape index (κ1) is 32.1. The maximum absolute atomic E-state index is 12.2. The van der Waals surface area contributed by atoms with Crippen molar-refractivity contribution >= 4 is 20.5 Å². The molecule has 0 spiro atoms. The van der Waals surface area contributed by atoms with Gasteiger partial charge in [-0.2, -0.15) is 0 Å². The van der Waals surface area contributed by atoms with Crippen molar-refractivity contribution in [3.63, 3.8) is 0 Å². The third-order valence-corrected chi connectivity index (χ3v) is 7.90. The quantitative estimate of drug-likeness (QED) is 0.100. The molecule has 0 aliphatic carbocycles.